The molecule has 0 aliphatic heterocycles. The van der Waals surface area contributed by atoms with Crippen molar-refractivity contribution < 1.29 is 13.2 Å². The lowest BCUT2D eigenvalue weighted by Crippen LogP contribution is -2.14. The highest BCUT2D eigenvalue weighted by Gasteiger charge is 2.18. The maximum atomic E-state index is 12.3. The lowest BCUT2D eigenvalue weighted by molar-refractivity contribution is 0.340. The van der Waals surface area contributed by atoms with Crippen molar-refractivity contribution in [2.45, 2.75) is 4.90 Å². The summed E-state index contributed by atoms with van der Waals surface area (Å²) < 4.78 is 31.3. The monoisotopic (exact) mass is 433 g/mol. The number of hydrogen-bond acceptors (Lipinski definition) is 4. The third kappa shape index (κ3) is 4.46. The van der Waals surface area contributed by atoms with Crippen molar-refractivity contribution in [1.82, 2.24) is 0 Å². The quantitative estimate of drug-likeness (QED) is 0.729. The molecule has 0 heterocycles. The van der Waals surface area contributed by atoms with Gasteiger partial charge in [0.15, 0.2) is 9.84 Å². The van der Waals surface area contributed by atoms with Gasteiger partial charge in [0.25, 0.3) is 0 Å². The van der Waals surface area contributed by atoms with Gasteiger partial charge in [-0.15, -0.1) is 0 Å². The molecule has 4 nitrogen and oxygen atoms in total. The molecule has 0 saturated carbocycles. The molecule has 112 valence electrons. The first kappa shape index (κ1) is 16.3. The zero-order chi connectivity index (χ0) is 15.5. The van der Waals surface area contributed by atoms with Crippen LogP contribution in [-0.2, 0) is 9.84 Å². The van der Waals surface area contributed by atoms with Gasteiger partial charge in [0, 0.05) is 14.6 Å². The van der Waals surface area contributed by atoms with Gasteiger partial charge in [0.05, 0.1) is 10.6 Å². The molecule has 7 heteroatoms. The Hall–Kier alpha value is -1.05. The number of rotatable bonds is 5. The maximum absolute atomic E-state index is 12.3. The number of nitrogens with two attached hydrogens (primary N) is 1. The van der Waals surface area contributed by atoms with E-state index in [2.05, 4.69) is 31.9 Å². The SMILES string of the molecule is Nc1ccc(S(=O)(=O)CCOc2cccc(Br)c2)c(Br)c1. The lowest BCUT2D eigenvalue weighted by atomic mass is 10.3. The molecule has 0 unspecified atom stereocenters. The van der Waals surface area contributed by atoms with E-state index in [-0.39, 0.29) is 17.3 Å². The van der Waals surface area contributed by atoms with Gasteiger partial charge in [-0.3, -0.25) is 0 Å². The van der Waals surface area contributed by atoms with Crippen LogP contribution in [0, 0.1) is 0 Å². The van der Waals surface area contributed by atoms with E-state index in [1.807, 2.05) is 12.1 Å². The Morgan fingerprint density at radius 1 is 1.10 bits per heavy atom. The summed E-state index contributed by atoms with van der Waals surface area (Å²) >= 11 is 6.55. The number of ether oxygens (including phenoxy) is 1. The third-order valence-corrected chi connectivity index (χ3v) is 5.85. The summed E-state index contributed by atoms with van der Waals surface area (Å²) in [5.41, 5.74) is 6.11. The molecular weight excluding hydrogens is 422 g/mol. The first-order chi connectivity index (χ1) is 9.88. The third-order valence-electron chi connectivity index (χ3n) is 2.71. The minimum absolute atomic E-state index is 0.0790. The van der Waals surface area contributed by atoms with E-state index in [4.69, 9.17) is 10.5 Å². The summed E-state index contributed by atoms with van der Waals surface area (Å²) in [6.45, 7) is 0.0790. The predicted octanol–water partition coefficient (Wildman–Crippen LogP) is 3.65. The summed E-state index contributed by atoms with van der Waals surface area (Å²) in [6, 6.07) is 11.9. The molecule has 2 N–H and O–H groups in total. The van der Waals surface area contributed by atoms with E-state index in [0.717, 1.165) is 4.47 Å². The zero-order valence-corrected chi connectivity index (χ0v) is 14.9. The van der Waals surface area contributed by atoms with E-state index < -0.39 is 9.84 Å². The average Bonchev–Trinajstić information content (AvgIpc) is 2.38. The molecule has 0 atom stereocenters. The van der Waals surface area contributed by atoms with Crippen molar-refractivity contribution in [1.29, 1.82) is 0 Å². The van der Waals surface area contributed by atoms with Crippen molar-refractivity contribution in [3.8, 4) is 5.75 Å². The average molecular weight is 435 g/mol. The van der Waals surface area contributed by atoms with Crippen LogP contribution in [0.2, 0.25) is 0 Å². The molecule has 0 saturated heterocycles. The van der Waals surface area contributed by atoms with Crippen molar-refractivity contribution in [3.63, 3.8) is 0 Å². The highest BCUT2D eigenvalue weighted by molar-refractivity contribution is 9.10. The molecule has 0 amide bonds. The second-order valence-electron chi connectivity index (χ2n) is 4.31. The number of nitrogen functional groups attached to an aromatic ring is 1. The molecule has 0 aromatic heterocycles. The van der Waals surface area contributed by atoms with Crippen LogP contribution < -0.4 is 10.5 Å². The molecule has 0 fully saturated rings. The van der Waals surface area contributed by atoms with Gasteiger partial charge in [-0.2, -0.15) is 0 Å². The zero-order valence-electron chi connectivity index (χ0n) is 10.9. The molecule has 0 spiro atoms. The van der Waals surface area contributed by atoms with Crippen LogP contribution in [0.5, 0.6) is 5.75 Å². The van der Waals surface area contributed by atoms with Crippen LogP contribution in [0.25, 0.3) is 0 Å². The number of halogens is 2. The first-order valence-electron chi connectivity index (χ1n) is 6.04. The maximum Gasteiger partial charge on any atom is 0.182 e. The highest BCUT2D eigenvalue weighted by Crippen LogP contribution is 2.25. The fourth-order valence-corrected chi connectivity index (χ4v) is 4.37. The minimum atomic E-state index is -3.43. The van der Waals surface area contributed by atoms with Crippen molar-refractivity contribution in [2.24, 2.45) is 0 Å². The second kappa shape index (κ2) is 6.81. The van der Waals surface area contributed by atoms with Crippen LogP contribution in [0.3, 0.4) is 0 Å². The minimum Gasteiger partial charge on any atom is -0.492 e. The van der Waals surface area contributed by atoms with E-state index in [1.54, 1.807) is 24.3 Å². The van der Waals surface area contributed by atoms with Gasteiger partial charge in [0.2, 0.25) is 0 Å². The summed E-state index contributed by atoms with van der Waals surface area (Å²) in [7, 11) is -3.43. The lowest BCUT2D eigenvalue weighted by Gasteiger charge is -2.09. The van der Waals surface area contributed by atoms with Gasteiger partial charge in [-0.25, -0.2) is 8.42 Å². The van der Waals surface area contributed by atoms with Gasteiger partial charge < -0.3 is 10.5 Å². The standard InChI is InChI=1S/C14H13Br2NO3S/c15-10-2-1-3-12(8-10)20-6-7-21(18,19)14-5-4-11(17)9-13(14)16/h1-5,8-9H,6-7,17H2. The molecule has 21 heavy (non-hydrogen) atoms. The summed E-state index contributed by atoms with van der Waals surface area (Å²) in [5, 5.41) is 0. The Bertz CT molecular complexity index is 748. The number of anilines is 1. The number of hydrogen-bond donors (Lipinski definition) is 1. The van der Waals surface area contributed by atoms with Crippen LogP contribution in [0.4, 0.5) is 5.69 Å². The topological polar surface area (TPSA) is 69.4 Å². The van der Waals surface area contributed by atoms with Gasteiger partial charge in [0.1, 0.15) is 12.4 Å². The Morgan fingerprint density at radius 2 is 1.86 bits per heavy atom. The molecule has 2 aromatic carbocycles. The van der Waals surface area contributed by atoms with Crippen molar-refractivity contribution >= 4 is 47.4 Å². The number of benzene rings is 2. The van der Waals surface area contributed by atoms with Crippen LogP contribution >= 0.6 is 31.9 Å². The Labute approximate surface area is 140 Å². The normalized spacial score (nSPS) is 11.3. The Kier molecular flexibility index (Phi) is 5.29. The van der Waals surface area contributed by atoms with Crippen LogP contribution in [0.1, 0.15) is 0 Å². The fraction of sp³-hybridized carbons (Fsp3) is 0.143. The fourth-order valence-electron chi connectivity index (χ4n) is 1.71. The van der Waals surface area contributed by atoms with E-state index in [0.29, 0.717) is 15.9 Å². The van der Waals surface area contributed by atoms with Crippen molar-refractivity contribution in [3.05, 3.63) is 51.4 Å². The van der Waals surface area contributed by atoms with Gasteiger partial charge >= 0.3 is 0 Å². The predicted molar refractivity (Wildman–Crippen MR) is 90.2 cm³/mol. The van der Waals surface area contributed by atoms with Gasteiger partial charge in [-0.05, 0) is 52.3 Å². The second-order valence-corrected chi connectivity index (χ2v) is 8.16. The van der Waals surface area contributed by atoms with E-state index in [9.17, 15) is 8.42 Å². The Balaban J connectivity index is 2.05. The molecule has 2 rings (SSSR count). The summed E-state index contributed by atoms with van der Waals surface area (Å²) in [5.74, 6) is 0.512. The van der Waals surface area contributed by atoms with Crippen LogP contribution in [-0.4, -0.2) is 20.8 Å². The molecule has 0 radical (unpaired) electrons. The summed E-state index contributed by atoms with van der Waals surface area (Å²) in [6.07, 6.45) is 0. The van der Waals surface area contributed by atoms with E-state index >= 15 is 0 Å². The largest absolute Gasteiger partial charge is 0.492 e. The Morgan fingerprint density at radius 3 is 2.52 bits per heavy atom. The van der Waals surface area contributed by atoms with Crippen LogP contribution in [0.15, 0.2) is 56.3 Å². The highest BCUT2D eigenvalue weighted by atomic mass is 79.9. The molecule has 0 aliphatic rings. The van der Waals surface area contributed by atoms with Crippen molar-refractivity contribution in [2.75, 3.05) is 18.1 Å². The smallest absolute Gasteiger partial charge is 0.182 e. The molecular formula is C14H13Br2NO3S. The molecule has 0 aliphatic carbocycles. The van der Waals surface area contributed by atoms with E-state index in [1.165, 1.54) is 6.07 Å². The van der Waals surface area contributed by atoms with Gasteiger partial charge in [-0.1, -0.05) is 22.0 Å². The molecule has 2 aromatic rings. The first-order valence-corrected chi connectivity index (χ1v) is 9.28. The molecule has 0 bridgehead atoms. The summed E-state index contributed by atoms with van der Waals surface area (Å²) in [4.78, 5) is 0.217. The number of sulfone groups is 1.